The summed E-state index contributed by atoms with van der Waals surface area (Å²) in [6, 6.07) is 3.26. The van der Waals surface area contributed by atoms with Crippen LogP contribution in [0.5, 0.6) is 5.75 Å². The molecule has 9 nitrogen and oxygen atoms in total. The molecule has 3 rings (SSSR count). The number of aliphatic carboxylic acids is 1. The number of rotatable bonds is 5. The first-order valence-corrected chi connectivity index (χ1v) is 10.1. The van der Waals surface area contributed by atoms with Crippen molar-refractivity contribution >= 4 is 21.9 Å². The van der Waals surface area contributed by atoms with Crippen molar-refractivity contribution in [3.63, 3.8) is 0 Å². The van der Waals surface area contributed by atoms with Gasteiger partial charge in [0.15, 0.2) is 0 Å². The van der Waals surface area contributed by atoms with E-state index in [1.165, 1.54) is 34.5 Å². The number of carbonyl (C=O) groups excluding carboxylic acids is 1. The summed E-state index contributed by atoms with van der Waals surface area (Å²) in [6.45, 7) is 1.36. The van der Waals surface area contributed by atoms with Crippen LogP contribution in [0.25, 0.3) is 0 Å². The monoisotopic (exact) mass is 398 g/mol. The van der Waals surface area contributed by atoms with E-state index in [0.29, 0.717) is 32.6 Å². The molecule has 0 spiro atoms. The minimum absolute atomic E-state index is 0.108. The summed E-state index contributed by atoms with van der Waals surface area (Å²) < 4.78 is 37.7. The molecule has 0 aromatic heterocycles. The van der Waals surface area contributed by atoms with Gasteiger partial charge in [0.1, 0.15) is 16.7 Å². The second kappa shape index (κ2) is 7.83. The van der Waals surface area contributed by atoms with Gasteiger partial charge in [-0.15, -0.1) is 0 Å². The number of nitrogens with zero attached hydrogens (tertiary/aromatic N) is 2. The Morgan fingerprint density at radius 2 is 1.93 bits per heavy atom. The molecular formula is C17H22N2O7S. The molecule has 1 atom stereocenters. The van der Waals surface area contributed by atoms with E-state index >= 15 is 0 Å². The van der Waals surface area contributed by atoms with Gasteiger partial charge in [0.05, 0.1) is 20.3 Å². The summed E-state index contributed by atoms with van der Waals surface area (Å²) in [7, 11) is -2.52. The second-order valence-electron chi connectivity index (χ2n) is 6.38. The van der Waals surface area contributed by atoms with E-state index in [0.717, 1.165) is 0 Å². The van der Waals surface area contributed by atoms with Crippen LogP contribution in [0.4, 0.5) is 0 Å². The van der Waals surface area contributed by atoms with Crippen LogP contribution in [-0.2, 0) is 19.6 Å². The Balaban J connectivity index is 1.96. The van der Waals surface area contributed by atoms with Gasteiger partial charge in [-0.3, -0.25) is 4.79 Å². The van der Waals surface area contributed by atoms with Crippen LogP contribution < -0.4 is 4.74 Å². The Hall–Kier alpha value is -2.17. The first kappa shape index (κ1) is 19.6. The van der Waals surface area contributed by atoms with E-state index < -0.39 is 27.9 Å². The molecule has 0 bridgehead atoms. The molecule has 0 radical (unpaired) electrons. The quantitative estimate of drug-likeness (QED) is 0.764. The summed E-state index contributed by atoms with van der Waals surface area (Å²) in [5.74, 6) is -1.43. The van der Waals surface area contributed by atoms with Crippen LogP contribution in [0, 0.1) is 0 Å². The first-order valence-electron chi connectivity index (χ1n) is 8.66. The van der Waals surface area contributed by atoms with Crippen LogP contribution in [0.3, 0.4) is 0 Å². The van der Waals surface area contributed by atoms with Gasteiger partial charge in [-0.1, -0.05) is 0 Å². The minimum atomic E-state index is -3.87. The van der Waals surface area contributed by atoms with E-state index in [9.17, 15) is 23.1 Å². The van der Waals surface area contributed by atoms with Gasteiger partial charge < -0.3 is 19.5 Å². The van der Waals surface area contributed by atoms with Crippen molar-refractivity contribution in [3.05, 3.63) is 23.8 Å². The predicted molar refractivity (Wildman–Crippen MR) is 94.3 cm³/mol. The van der Waals surface area contributed by atoms with Gasteiger partial charge in [-0.2, -0.15) is 4.31 Å². The average Bonchev–Trinajstić information content (AvgIpc) is 3.17. The number of benzene rings is 1. The third-order valence-corrected chi connectivity index (χ3v) is 6.72. The Bertz CT molecular complexity index is 834. The number of carboxylic acids is 1. The average molecular weight is 398 g/mol. The third kappa shape index (κ3) is 3.78. The van der Waals surface area contributed by atoms with Crippen LogP contribution in [0.15, 0.2) is 23.1 Å². The summed E-state index contributed by atoms with van der Waals surface area (Å²) >= 11 is 0. The topological polar surface area (TPSA) is 113 Å². The third-order valence-electron chi connectivity index (χ3n) is 4.80. The van der Waals surface area contributed by atoms with Gasteiger partial charge in [0.2, 0.25) is 10.0 Å². The number of carboxylic acid groups (broad SMARTS) is 1. The number of ether oxygens (including phenoxy) is 2. The van der Waals surface area contributed by atoms with Crippen molar-refractivity contribution in [2.24, 2.45) is 0 Å². The second-order valence-corrected chi connectivity index (χ2v) is 8.28. The maximum Gasteiger partial charge on any atom is 0.326 e. The molecule has 1 amide bonds. The van der Waals surface area contributed by atoms with Crippen molar-refractivity contribution in [1.82, 2.24) is 9.21 Å². The van der Waals surface area contributed by atoms with Gasteiger partial charge >= 0.3 is 5.97 Å². The number of amides is 1. The molecule has 2 saturated heterocycles. The summed E-state index contributed by atoms with van der Waals surface area (Å²) in [5.41, 5.74) is 0.121. The summed E-state index contributed by atoms with van der Waals surface area (Å²) in [6.07, 6.45) is 0.980. The van der Waals surface area contributed by atoms with E-state index in [2.05, 4.69) is 0 Å². The molecule has 148 valence electrons. The normalized spacial score (nSPS) is 21.2. The van der Waals surface area contributed by atoms with E-state index in [4.69, 9.17) is 9.47 Å². The largest absolute Gasteiger partial charge is 0.495 e. The van der Waals surface area contributed by atoms with E-state index in [1.54, 1.807) is 0 Å². The number of morpholine rings is 1. The van der Waals surface area contributed by atoms with Crippen LogP contribution in [0.2, 0.25) is 0 Å². The predicted octanol–water partition coefficient (Wildman–Crippen LogP) is 0.405. The zero-order valence-corrected chi connectivity index (χ0v) is 15.8. The van der Waals surface area contributed by atoms with Gasteiger partial charge in [0.25, 0.3) is 5.91 Å². The van der Waals surface area contributed by atoms with Crippen molar-refractivity contribution in [3.8, 4) is 5.75 Å². The number of sulfonamides is 1. The van der Waals surface area contributed by atoms with Crippen LogP contribution >= 0.6 is 0 Å². The van der Waals surface area contributed by atoms with Gasteiger partial charge in [-0.25, -0.2) is 13.2 Å². The van der Waals surface area contributed by atoms with Crippen LogP contribution in [-0.4, -0.2) is 80.6 Å². The molecule has 2 aliphatic rings. The smallest absolute Gasteiger partial charge is 0.326 e. The molecule has 2 aliphatic heterocycles. The molecule has 27 heavy (non-hydrogen) atoms. The highest BCUT2D eigenvalue weighted by atomic mass is 32.2. The molecule has 2 heterocycles. The van der Waals surface area contributed by atoms with Crippen molar-refractivity contribution in [2.75, 3.05) is 40.0 Å². The number of hydrogen-bond acceptors (Lipinski definition) is 6. The minimum Gasteiger partial charge on any atom is -0.495 e. The maximum absolute atomic E-state index is 13.0. The van der Waals surface area contributed by atoms with Crippen LogP contribution in [0.1, 0.15) is 23.2 Å². The fourth-order valence-corrected chi connectivity index (χ4v) is 4.96. The maximum atomic E-state index is 13.0. The highest BCUT2D eigenvalue weighted by Crippen LogP contribution is 2.30. The molecule has 1 aromatic rings. The van der Waals surface area contributed by atoms with Crippen molar-refractivity contribution in [1.29, 1.82) is 0 Å². The standard InChI is InChI=1S/C17H22N2O7S/c1-25-14-5-4-12(16(20)19-6-2-3-13(19)17(21)22)11-15(14)27(23,24)18-7-9-26-10-8-18/h4-5,11,13H,2-3,6-10H2,1H3,(H,21,22)/t13-/m1/s1. The van der Waals surface area contributed by atoms with E-state index in [1.807, 2.05) is 0 Å². The molecular weight excluding hydrogens is 376 g/mol. The lowest BCUT2D eigenvalue weighted by Gasteiger charge is -2.27. The van der Waals surface area contributed by atoms with Gasteiger partial charge in [0, 0.05) is 25.2 Å². The molecule has 10 heteroatoms. The number of carbonyl (C=O) groups is 2. The fourth-order valence-electron chi connectivity index (χ4n) is 3.37. The number of likely N-dealkylation sites (tertiary alicyclic amines) is 1. The molecule has 0 aliphatic carbocycles. The molecule has 1 N–H and O–H groups in total. The lowest BCUT2D eigenvalue weighted by molar-refractivity contribution is -0.141. The highest BCUT2D eigenvalue weighted by molar-refractivity contribution is 7.89. The lowest BCUT2D eigenvalue weighted by atomic mass is 10.1. The zero-order valence-electron chi connectivity index (χ0n) is 15.0. The summed E-state index contributed by atoms with van der Waals surface area (Å²) in [5, 5.41) is 9.29. The highest BCUT2D eigenvalue weighted by Gasteiger charge is 2.36. The Labute approximate surface area is 157 Å². The first-order chi connectivity index (χ1) is 12.9. The Morgan fingerprint density at radius 1 is 1.22 bits per heavy atom. The van der Waals surface area contributed by atoms with Gasteiger partial charge in [-0.05, 0) is 31.0 Å². The van der Waals surface area contributed by atoms with Crippen molar-refractivity contribution in [2.45, 2.75) is 23.8 Å². The van der Waals surface area contributed by atoms with Crippen molar-refractivity contribution < 1.29 is 32.6 Å². The molecule has 1 aromatic carbocycles. The number of methoxy groups -OCH3 is 1. The molecule has 0 saturated carbocycles. The number of hydrogen-bond donors (Lipinski definition) is 1. The Kier molecular flexibility index (Phi) is 5.68. The lowest BCUT2D eigenvalue weighted by Crippen LogP contribution is -2.41. The molecule has 0 unspecified atom stereocenters. The molecule has 2 fully saturated rings. The SMILES string of the molecule is COc1ccc(C(=O)N2CCC[C@@H]2C(=O)O)cc1S(=O)(=O)N1CCOCC1. The van der Waals surface area contributed by atoms with E-state index in [-0.39, 0.29) is 29.3 Å². The fraction of sp³-hybridized carbons (Fsp3) is 0.529. The summed E-state index contributed by atoms with van der Waals surface area (Å²) in [4.78, 5) is 25.3. The zero-order chi connectivity index (χ0) is 19.6. The Morgan fingerprint density at radius 3 is 2.56 bits per heavy atom.